The molecule has 0 bridgehead atoms. The molecule has 0 spiro atoms. The molecule has 0 aliphatic heterocycles. The fourth-order valence-electron chi connectivity index (χ4n) is 1.28. The predicted octanol–water partition coefficient (Wildman–Crippen LogP) is 2.29. The zero-order chi connectivity index (χ0) is 11.3. The average molecular weight is 212 g/mol. The standard InChI is InChI=1S/C11H16O4/c1-3-4-5-8(12)9-6-7-10(15-9)11(13)14-2/h6-8,12H,3-5H2,1-2H3. The number of ether oxygens (including phenoxy) is 1. The molecule has 0 aromatic carbocycles. The summed E-state index contributed by atoms with van der Waals surface area (Å²) in [7, 11) is 1.29. The van der Waals surface area contributed by atoms with Crippen molar-refractivity contribution < 1.29 is 19.1 Å². The van der Waals surface area contributed by atoms with Crippen LogP contribution in [0.5, 0.6) is 0 Å². The van der Waals surface area contributed by atoms with Crippen LogP contribution in [0.25, 0.3) is 0 Å². The summed E-state index contributed by atoms with van der Waals surface area (Å²) < 4.78 is 9.67. The zero-order valence-electron chi connectivity index (χ0n) is 9.03. The number of rotatable bonds is 5. The Morgan fingerprint density at radius 2 is 2.33 bits per heavy atom. The first-order valence-corrected chi connectivity index (χ1v) is 5.05. The molecular formula is C11H16O4. The van der Waals surface area contributed by atoms with Gasteiger partial charge in [-0.3, -0.25) is 0 Å². The van der Waals surface area contributed by atoms with E-state index in [2.05, 4.69) is 11.7 Å². The van der Waals surface area contributed by atoms with Crippen LogP contribution in [-0.2, 0) is 4.74 Å². The van der Waals surface area contributed by atoms with Crippen molar-refractivity contribution >= 4 is 5.97 Å². The van der Waals surface area contributed by atoms with Crippen molar-refractivity contribution in [2.24, 2.45) is 0 Å². The lowest BCUT2D eigenvalue weighted by Gasteiger charge is -2.05. The minimum atomic E-state index is -0.636. The SMILES string of the molecule is CCCCC(O)c1ccc(C(=O)OC)o1. The van der Waals surface area contributed by atoms with Gasteiger partial charge in [-0.05, 0) is 18.6 Å². The first-order valence-electron chi connectivity index (χ1n) is 5.05. The van der Waals surface area contributed by atoms with Gasteiger partial charge in [0.2, 0.25) is 5.76 Å². The first-order chi connectivity index (χ1) is 7.19. The van der Waals surface area contributed by atoms with E-state index in [1.165, 1.54) is 13.2 Å². The predicted molar refractivity (Wildman–Crippen MR) is 54.5 cm³/mol. The Kier molecular flexibility index (Phi) is 4.37. The normalized spacial score (nSPS) is 12.5. The van der Waals surface area contributed by atoms with Crippen molar-refractivity contribution in [1.82, 2.24) is 0 Å². The second-order valence-corrected chi connectivity index (χ2v) is 3.35. The van der Waals surface area contributed by atoms with E-state index in [0.29, 0.717) is 12.2 Å². The van der Waals surface area contributed by atoms with Gasteiger partial charge in [-0.25, -0.2) is 4.79 Å². The molecule has 1 N–H and O–H groups in total. The molecule has 0 aliphatic rings. The first kappa shape index (κ1) is 11.8. The van der Waals surface area contributed by atoms with E-state index in [9.17, 15) is 9.90 Å². The van der Waals surface area contributed by atoms with E-state index in [1.54, 1.807) is 6.07 Å². The van der Waals surface area contributed by atoms with E-state index in [-0.39, 0.29) is 5.76 Å². The molecule has 15 heavy (non-hydrogen) atoms. The number of esters is 1. The average Bonchev–Trinajstić information content (AvgIpc) is 2.74. The highest BCUT2D eigenvalue weighted by molar-refractivity contribution is 5.86. The summed E-state index contributed by atoms with van der Waals surface area (Å²) in [6.07, 6.45) is 1.95. The Bertz CT molecular complexity index is 316. The molecule has 0 amide bonds. The highest BCUT2D eigenvalue weighted by atomic mass is 16.5. The van der Waals surface area contributed by atoms with Crippen LogP contribution in [-0.4, -0.2) is 18.2 Å². The second-order valence-electron chi connectivity index (χ2n) is 3.35. The van der Waals surface area contributed by atoms with Crippen LogP contribution < -0.4 is 0 Å². The molecule has 1 heterocycles. The highest BCUT2D eigenvalue weighted by Crippen LogP contribution is 2.21. The molecule has 0 fully saturated rings. The molecule has 1 unspecified atom stereocenters. The summed E-state index contributed by atoms with van der Waals surface area (Å²) in [5, 5.41) is 9.67. The maximum absolute atomic E-state index is 11.1. The lowest BCUT2D eigenvalue weighted by molar-refractivity contribution is 0.0553. The van der Waals surface area contributed by atoms with Crippen molar-refractivity contribution in [3.8, 4) is 0 Å². The van der Waals surface area contributed by atoms with Crippen molar-refractivity contribution in [2.45, 2.75) is 32.3 Å². The van der Waals surface area contributed by atoms with Crippen molar-refractivity contribution in [1.29, 1.82) is 0 Å². The largest absolute Gasteiger partial charge is 0.463 e. The van der Waals surface area contributed by atoms with Gasteiger partial charge in [-0.15, -0.1) is 0 Å². The summed E-state index contributed by atoms with van der Waals surface area (Å²) in [5.74, 6) is 0.0239. The van der Waals surface area contributed by atoms with Gasteiger partial charge in [-0.2, -0.15) is 0 Å². The summed E-state index contributed by atoms with van der Waals surface area (Å²) >= 11 is 0. The minimum absolute atomic E-state index is 0.128. The fraction of sp³-hybridized carbons (Fsp3) is 0.545. The molecular weight excluding hydrogens is 196 g/mol. The van der Waals surface area contributed by atoms with E-state index in [4.69, 9.17) is 4.42 Å². The number of methoxy groups -OCH3 is 1. The van der Waals surface area contributed by atoms with E-state index < -0.39 is 12.1 Å². The van der Waals surface area contributed by atoms with Crippen LogP contribution in [0.3, 0.4) is 0 Å². The molecule has 4 nitrogen and oxygen atoms in total. The topological polar surface area (TPSA) is 59.7 Å². The Morgan fingerprint density at radius 1 is 1.60 bits per heavy atom. The third-order valence-electron chi connectivity index (χ3n) is 2.17. The summed E-state index contributed by atoms with van der Waals surface area (Å²) in [6, 6.07) is 3.11. The van der Waals surface area contributed by atoms with Gasteiger partial charge in [-0.1, -0.05) is 19.8 Å². The van der Waals surface area contributed by atoms with Crippen molar-refractivity contribution in [3.05, 3.63) is 23.7 Å². The Morgan fingerprint density at radius 3 is 2.93 bits per heavy atom. The molecule has 1 aromatic heterocycles. The summed E-state index contributed by atoms with van der Waals surface area (Å²) in [5.41, 5.74) is 0. The Hall–Kier alpha value is -1.29. The van der Waals surface area contributed by atoms with Crippen LogP contribution in [0.2, 0.25) is 0 Å². The van der Waals surface area contributed by atoms with Gasteiger partial charge in [0.05, 0.1) is 7.11 Å². The number of furan rings is 1. The monoisotopic (exact) mass is 212 g/mol. The maximum atomic E-state index is 11.1. The second kappa shape index (κ2) is 5.56. The molecule has 1 aromatic rings. The molecule has 0 aliphatic carbocycles. The molecule has 1 atom stereocenters. The number of carbonyl (C=O) groups excluding carboxylic acids is 1. The summed E-state index contributed by atoms with van der Waals surface area (Å²) in [6.45, 7) is 2.05. The Balaban J connectivity index is 2.62. The molecule has 0 saturated carbocycles. The number of hydrogen-bond donors (Lipinski definition) is 1. The van der Waals surface area contributed by atoms with E-state index in [0.717, 1.165) is 12.8 Å². The smallest absolute Gasteiger partial charge is 0.373 e. The van der Waals surface area contributed by atoms with Crippen molar-refractivity contribution in [3.63, 3.8) is 0 Å². The minimum Gasteiger partial charge on any atom is -0.463 e. The Labute approximate surface area is 88.8 Å². The number of aliphatic hydroxyl groups excluding tert-OH is 1. The van der Waals surface area contributed by atoms with Crippen LogP contribution in [0.15, 0.2) is 16.5 Å². The van der Waals surface area contributed by atoms with Crippen LogP contribution >= 0.6 is 0 Å². The quantitative estimate of drug-likeness (QED) is 0.761. The molecule has 0 radical (unpaired) electrons. The molecule has 1 rings (SSSR count). The lowest BCUT2D eigenvalue weighted by atomic mass is 10.1. The zero-order valence-corrected chi connectivity index (χ0v) is 9.03. The number of hydrogen-bond acceptors (Lipinski definition) is 4. The van der Waals surface area contributed by atoms with E-state index in [1.807, 2.05) is 0 Å². The molecule has 0 saturated heterocycles. The van der Waals surface area contributed by atoms with Gasteiger partial charge in [0, 0.05) is 0 Å². The number of aliphatic hydroxyl groups is 1. The third-order valence-corrected chi connectivity index (χ3v) is 2.17. The summed E-state index contributed by atoms with van der Waals surface area (Å²) in [4.78, 5) is 11.1. The van der Waals surface area contributed by atoms with Crippen LogP contribution in [0.1, 0.15) is 48.6 Å². The number of unbranched alkanes of at least 4 members (excludes halogenated alkanes) is 1. The fourth-order valence-corrected chi connectivity index (χ4v) is 1.28. The van der Waals surface area contributed by atoms with E-state index >= 15 is 0 Å². The van der Waals surface area contributed by atoms with Gasteiger partial charge in [0.1, 0.15) is 11.9 Å². The maximum Gasteiger partial charge on any atom is 0.373 e. The van der Waals surface area contributed by atoms with Gasteiger partial charge in [0.25, 0.3) is 0 Å². The molecule has 4 heteroatoms. The van der Waals surface area contributed by atoms with Gasteiger partial charge in [0.15, 0.2) is 0 Å². The highest BCUT2D eigenvalue weighted by Gasteiger charge is 2.15. The number of carbonyl (C=O) groups is 1. The van der Waals surface area contributed by atoms with Gasteiger partial charge >= 0.3 is 5.97 Å². The van der Waals surface area contributed by atoms with Gasteiger partial charge < -0.3 is 14.3 Å². The van der Waals surface area contributed by atoms with Crippen LogP contribution in [0, 0.1) is 0 Å². The lowest BCUT2D eigenvalue weighted by Crippen LogP contribution is -1.99. The van der Waals surface area contributed by atoms with Crippen LogP contribution in [0.4, 0.5) is 0 Å². The third kappa shape index (κ3) is 3.09. The molecule has 84 valence electrons. The van der Waals surface area contributed by atoms with Crippen molar-refractivity contribution in [2.75, 3.05) is 7.11 Å².